The zero-order valence-corrected chi connectivity index (χ0v) is 18.0. The average molecular weight is 413 g/mol. The van der Waals surface area contributed by atoms with Crippen LogP contribution in [0.4, 0.5) is 5.69 Å². The minimum Gasteiger partial charge on any atom is -0.492 e. The van der Waals surface area contributed by atoms with Crippen LogP contribution in [0.1, 0.15) is 48.6 Å². The summed E-state index contributed by atoms with van der Waals surface area (Å²) in [7, 11) is 0. The van der Waals surface area contributed by atoms with Gasteiger partial charge in [-0.3, -0.25) is 0 Å². The second kappa shape index (κ2) is 11.4. The molecule has 0 aliphatic carbocycles. The van der Waals surface area contributed by atoms with Gasteiger partial charge < -0.3 is 15.2 Å². The second-order valence-electron chi connectivity index (χ2n) is 6.72. The quantitative estimate of drug-likeness (QED) is 0.503. The molecular weight excluding hydrogens is 384 g/mol. The molecule has 0 aromatic heterocycles. The molecule has 0 radical (unpaired) electrons. The Labute approximate surface area is 177 Å². The van der Waals surface area contributed by atoms with Gasteiger partial charge in [0.15, 0.2) is 6.04 Å². The minimum absolute atomic E-state index is 0.527. The molecule has 2 N–H and O–H groups in total. The number of aliphatic carboxylic acids is 1. The van der Waals surface area contributed by atoms with Crippen molar-refractivity contribution >= 4 is 23.4 Å². The molecule has 154 valence electrons. The Morgan fingerprint density at radius 3 is 2.55 bits per heavy atom. The van der Waals surface area contributed by atoms with Crippen molar-refractivity contribution in [2.24, 2.45) is 0 Å². The summed E-state index contributed by atoms with van der Waals surface area (Å²) in [4.78, 5) is 12.2. The Morgan fingerprint density at radius 2 is 2.00 bits per heavy atom. The van der Waals surface area contributed by atoms with E-state index in [0.717, 1.165) is 36.1 Å². The van der Waals surface area contributed by atoms with E-state index in [1.165, 1.54) is 0 Å². The first-order valence-electron chi connectivity index (χ1n) is 9.80. The van der Waals surface area contributed by atoms with E-state index in [4.69, 9.17) is 10.00 Å². The molecule has 0 saturated carbocycles. The van der Waals surface area contributed by atoms with E-state index < -0.39 is 12.0 Å². The van der Waals surface area contributed by atoms with Gasteiger partial charge in [0.05, 0.1) is 18.2 Å². The van der Waals surface area contributed by atoms with Crippen molar-refractivity contribution in [3.05, 3.63) is 58.7 Å². The van der Waals surface area contributed by atoms with Gasteiger partial charge >= 0.3 is 5.97 Å². The molecule has 5 nitrogen and oxygen atoms in total. The van der Waals surface area contributed by atoms with E-state index in [2.05, 4.69) is 31.3 Å². The summed E-state index contributed by atoms with van der Waals surface area (Å²) >= 11 is 1.69. The molecule has 2 aromatic carbocycles. The molecule has 0 spiro atoms. The van der Waals surface area contributed by atoms with Crippen molar-refractivity contribution in [3.8, 4) is 11.8 Å². The highest BCUT2D eigenvalue weighted by Gasteiger charge is 2.26. The smallest absolute Gasteiger partial charge is 0.330 e. The number of benzene rings is 2. The van der Waals surface area contributed by atoms with Gasteiger partial charge in [-0.15, -0.1) is 0 Å². The van der Waals surface area contributed by atoms with E-state index >= 15 is 0 Å². The molecule has 0 saturated heterocycles. The van der Waals surface area contributed by atoms with Crippen molar-refractivity contribution in [1.82, 2.24) is 0 Å². The third kappa shape index (κ3) is 6.16. The molecule has 0 bridgehead atoms. The first kappa shape index (κ1) is 22.6. The van der Waals surface area contributed by atoms with Crippen LogP contribution in [0.5, 0.6) is 5.75 Å². The molecule has 0 unspecified atom stereocenters. The minimum atomic E-state index is -0.972. The predicted molar refractivity (Wildman–Crippen MR) is 119 cm³/mol. The standard InChI is InChI=1S/C23H28N2O3S/c1-4-6-18-13-16(5-2)14-20(22(18)28-11-12-29-3)21(23(26)27)25-19-9-7-17(15-24)8-10-19/h7-10,13-14,21,25H,4-6,11-12H2,1-3H3,(H,26,27)/t21-/m1/s1. The molecule has 0 aliphatic heterocycles. The predicted octanol–water partition coefficient (Wildman–Crippen LogP) is 5.05. The molecule has 2 aromatic rings. The number of anilines is 1. The second-order valence-corrected chi connectivity index (χ2v) is 7.71. The fraction of sp³-hybridized carbons (Fsp3) is 0.391. The normalized spacial score (nSPS) is 11.5. The Morgan fingerprint density at radius 1 is 1.28 bits per heavy atom. The number of thioether (sulfide) groups is 1. The number of carboxylic acids is 1. The van der Waals surface area contributed by atoms with E-state index in [-0.39, 0.29) is 0 Å². The molecule has 0 heterocycles. The number of ether oxygens (including phenoxy) is 1. The summed E-state index contributed by atoms with van der Waals surface area (Å²) in [5.41, 5.74) is 3.96. The van der Waals surface area contributed by atoms with Crippen molar-refractivity contribution in [3.63, 3.8) is 0 Å². The van der Waals surface area contributed by atoms with Gasteiger partial charge in [-0.05, 0) is 60.6 Å². The first-order valence-corrected chi connectivity index (χ1v) is 11.2. The fourth-order valence-corrected chi connectivity index (χ4v) is 3.39. The molecule has 1 atom stereocenters. The van der Waals surface area contributed by atoms with Gasteiger partial charge in [-0.1, -0.05) is 26.3 Å². The largest absolute Gasteiger partial charge is 0.492 e. The Bertz CT molecular complexity index is 860. The van der Waals surface area contributed by atoms with Crippen LogP contribution in [0.2, 0.25) is 0 Å². The first-order chi connectivity index (χ1) is 14.0. The fourth-order valence-electron chi connectivity index (χ4n) is 3.14. The van der Waals surface area contributed by atoms with Crippen LogP contribution < -0.4 is 10.1 Å². The molecular formula is C23H28N2O3S. The number of hydrogen-bond donors (Lipinski definition) is 2. The van der Waals surface area contributed by atoms with Crippen LogP contribution in [0.15, 0.2) is 36.4 Å². The highest BCUT2D eigenvalue weighted by Crippen LogP contribution is 2.34. The maximum atomic E-state index is 12.2. The Kier molecular flexibility index (Phi) is 8.88. The zero-order valence-electron chi connectivity index (χ0n) is 17.2. The molecule has 6 heteroatoms. The van der Waals surface area contributed by atoms with Crippen LogP contribution in [0, 0.1) is 11.3 Å². The lowest BCUT2D eigenvalue weighted by Crippen LogP contribution is -2.22. The van der Waals surface area contributed by atoms with E-state index in [0.29, 0.717) is 29.2 Å². The summed E-state index contributed by atoms with van der Waals surface area (Å²) in [5.74, 6) is 0.535. The van der Waals surface area contributed by atoms with Crippen LogP contribution >= 0.6 is 11.8 Å². The number of nitriles is 1. The van der Waals surface area contributed by atoms with Crippen molar-refractivity contribution in [2.75, 3.05) is 23.9 Å². The highest BCUT2D eigenvalue weighted by atomic mass is 32.2. The third-order valence-electron chi connectivity index (χ3n) is 4.60. The lowest BCUT2D eigenvalue weighted by molar-refractivity contribution is -0.138. The average Bonchev–Trinajstić information content (AvgIpc) is 2.73. The maximum Gasteiger partial charge on any atom is 0.330 e. The third-order valence-corrected chi connectivity index (χ3v) is 5.17. The zero-order chi connectivity index (χ0) is 21.2. The van der Waals surface area contributed by atoms with Crippen LogP contribution in [0.25, 0.3) is 0 Å². The van der Waals surface area contributed by atoms with E-state index in [1.54, 1.807) is 36.0 Å². The molecule has 0 aliphatic rings. The SMILES string of the molecule is CCCc1cc(CC)cc([C@@H](Nc2ccc(C#N)cc2)C(=O)O)c1OCCSC. The Hall–Kier alpha value is -2.65. The number of hydrogen-bond acceptors (Lipinski definition) is 5. The number of nitrogens with one attached hydrogen (secondary N) is 1. The van der Waals surface area contributed by atoms with E-state index in [1.807, 2.05) is 12.3 Å². The lowest BCUT2D eigenvalue weighted by Gasteiger charge is -2.23. The summed E-state index contributed by atoms with van der Waals surface area (Å²) in [5, 5.41) is 22.1. The van der Waals surface area contributed by atoms with Crippen LogP contribution in [0.3, 0.4) is 0 Å². The summed E-state index contributed by atoms with van der Waals surface area (Å²) in [6.45, 7) is 4.69. The van der Waals surface area contributed by atoms with Crippen molar-refractivity contribution in [1.29, 1.82) is 5.26 Å². The van der Waals surface area contributed by atoms with Gasteiger partial charge in [-0.2, -0.15) is 17.0 Å². The molecule has 0 amide bonds. The lowest BCUT2D eigenvalue weighted by atomic mass is 9.95. The summed E-state index contributed by atoms with van der Waals surface area (Å²) < 4.78 is 6.10. The molecule has 2 rings (SSSR count). The van der Waals surface area contributed by atoms with Gasteiger partial charge in [0.2, 0.25) is 0 Å². The van der Waals surface area contributed by atoms with Crippen molar-refractivity contribution in [2.45, 2.75) is 39.2 Å². The number of rotatable bonds is 11. The van der Waals surface area contributed by atoms with Gasteiger partial charge in [0.1, 0.15) is 5.75 Å². The monoisotopic (exact) mass is 412 g/mol. The van der Waals surface area contributed by atoms with Crippen LogP contribution in [-0.4, -0.2) is 29.7 Å². The van der Waals surface area contributed by atoms with Crippen LogP contribution in [-0.2, 0) is 17.6 Å². The number of nitrogens with zero attached hydrogens (tertiary/aromatic N) is 1. The van der Waals surface area contributed by atoms with Gasteiger partial charge in [0.25, 0.3) is 0 Å². The van der Waals surface area contributed by atoms with Gasteiger partial charge in [0, 0.05) is 17.0 Å². The summed E-state index contributed by atoms with van der Waals surface area (Å²) in [6.07, 6.45) is 4.62. The summed E-state index contributed by atoms with van der Waals surface area (Å²) in [6, 6.07) is 12.0. The molecule has 29 heavy (non-hydrogen) atoms. The Balaban J connectivity index is 2.49. The number of aryl methyl sites for hydroxylation is 2. The van der Waals surface area contributed by atoms with Gasteiger partial charge in [-0.25, -0.2) is 4.79 Å². The number of carbonyl (C=O) groups is 1. The number of carboxylic acid groups (broad SMARTS) is 1. The van der Waals surface area contributed by atoms with E-state index in [9.17, 15) is 9.90 Å². The molecule has 0 fully saturated rings. The highest BCUT2D eigenvalue weighted by molar-refractivity contribution is 7.98. The van der Waals surface area contributed by atoms with Crippen molar-refractivity contribution < 1.29 is 14.6 Å². The maximum absolute atomic E-state index is 12.2. The topological polar surface area (TPSA) is 82.4 Å².